The van der Waals surface area contributed by atoms with Gasteiger partial charge in [0, 0.05) is 32.9 Å². The van der Waals surface area contributed by atoms with Gasteiger partial charge in [-0.2, -0.15) is 26.7 Å². The molecule has 7 heteroatoms. The van der Waals surface area contributed by atoms with E-state index in [1.807, 2.05) is 30.8 Å². The largest absolute Gasteiger partial charge is 0.357 e. The Morgan fingerprint density at radius 2 is 1.89 bits per heavy atom. The minimum absolute atomic E-state index is 0.331. The molecule has 0 aliphatic carbocycles. The lowest BCUT2D eigenvalue weighted by molar-refractivity contribution is 0.869. The molecule has 102 valence electrons. The third kappa shape index (κ3) is 4.56. The quantitative estimate of drug-likeness (QED) is 0.779. The van der Waals surface area contributed by atoms with Crippen molar-refractivity contribution in [3.63, 3.8) is 0 Å². The number of nitrogens with one attached hydrogen (secondary N) is 2. The van der Waals surface area contributed by atoms with Gasteiger partial charge in [-0.1, -0.05) is 6.92 Å². The summed E-state index contributed by atoms with van der Waals surface area (Å²) >= 11 is 1.90. The Hall–Kier alpha value is -1.24. The van der Waals surface area contributed by atoms with Crippen molar-refractivity contribution in [1.29, 1.82) is 0 Å². The van der Waals surface area contributed by atoms with Crippen LogP contribution in [0.25, 0.3) is 0 Å². The number of aromatic nitrogens is 3. The molecule has 0 saturated heterocycles. The smallest absolute Gasteiger partial charge is 0.231 e. The van der Waals surface area contributed by atoms with E-state index in [4.69, 9.17) is 0 Å². The predicted molar refractivity (Wildman–Crippen MR) is 79.8 cm³/mol. The molecule has 0 aliphatic rings. The summed E-state index contributed by atoms with van der Waals surface area (Å²) in [5.74, 6) is 3.99. The summed E-state index contributed by atoms with van der Waals surface area (Å²) in [6.45, 7) is 4.28. The first-order valence-corrected chi connectivity index (χ1v) is 7.17. The third-order valence-electron chi connectivity index (χ3n) is 2.19. The molecule has 0 saturated carbocycles. The summed E-state index contributed by atoms with van der Waals surface area (Å²) in [5, 5.41) is 6.24. The van der Waals surface area contributed by atoms with Crippen LogP contribution in [0.4, 0.5) is 17.8 Å². The van der Waals surface area contributed by atoms with Gasteiger partial charge in [0.2, 0.25) is 17.8 Å². The van der Waals surface area contributed by atoms with Gasteiger partial charge in [0.1, 0.15) is 0 Å². The zero-order chi connectivity index (χ0) is 13.5. The van der Waals surface area contributed by atoms with E-state index in [9.17, 15) is 0 Å². The van der Waals surface area contributed by atoms with Crippen LogP contribution in [0.5, 0.6) is 0 Å². The van der Waals surface area contributed by atoms with E-state index in [2.05, 4.69) is 39.4 Å². The minimum atomic E-state index is 0.331. The van der Waals surface area contributed by atoms with Crippen LogP contribution in [-0.2, 0) is 0 Å². The Labute approximate surface area is 113 Å². The lowest BCUT2D eigenvalue weighted by Crippen LogP contribution is -2.22. The van der Waals surface area contributed by atoms with E-state index in [0.29, 0.717) is 23.9 Å². The van der Waals surface area contributed by atoms with Crippen LogP contribution < -0.4 is 15.5 Å². The van der Waals surface area contributed by atoms with E-state index >= 15 is 0 Å². The Morgan fingerprint density at radius 3 is 2.44 bits per heavy atom. The molecular formula is C11H22N6S. The monoisotopic (exact) mass is 270 g/mol. The second-order valence-electron chi connectivity index (χ2n) is 4.13. The van der Waals surface area contributed by atoms with Gasteiger partial charge in [0.25, 0.3) is 0 Å². The van der Waals surface area contributed by atoms with Crippen molar-refractivity contribution in [2.24, 2.45) is 0 Å². The molecule has 0 amide bonds. The molecule has 1 rings (SSSR count). The molecule has 1 unspecified atom stereocenters. The molecule has 0 spiro atoms. The maximum atomic E-state index is 4.37. The number of thioether (sulfide) groups is 1. The van der Waals surface area contributed by atoms with Crippen molar-refractivity contribution in [2.45, 2.75) is 19.9 Å². The van der Waals surface area contributed by atoms with Gasteiger partial charge in [-0.3, -0.25) is 0 Å². The SMILES string of the molecule is CCSCC(C)Nc1nc(NC)nc(N(C)C)n1. The molecule has 6 nitrogen and oxygen atoms in total. The fourth-order valence-corrected chi connectivity index (χ4v) is 1.97. The van der Waals surface area contributed by atoms with Gasteiger partial charge in [-0.25, -0.2) is 0 Å². The summed E-state index contributed by atoms with van der Waals surface area (Å²) in [4.78, 5) is 14.8. The Kier molecular flexibility index (Phi) is 5.97. The molecule has 1 aromatic heterocycles. The molecule has 0 fully saturated rings. The van der Waals surface area contributed by atoms with Gasteiger partial charge < -0.3 is 15.5 Å². The second-order valence-corrected chi connectivity index (χ2v) is 5.45. The van der Waals surface area contributed by atoms with Gasteiger partial charge >= 0.3 is 0 Å². The molecule has 1 heterocycles. The summed E-state index contributed by atoms with van der Waals surface area (Å²) in [7, 11) is 5.62. The normalized spacial score (nSPS) is 12.1. The first kappa shape index (κ1) is 14.8. The van der Waals surface area contributed by atoms with Crippen molar-refractivity contribution >= 4 is 29.6 Å². The van der Waals surface area contributed by atoms with E-state index in [1.165, 1.54) is 0 Å². The number of hydrogen-bond acceptors (Lipinski definition) is 7. The predicted octanol–water partition coefficient (Wildman–Crippen LogP) is 1.53. The van der Waals surface area contributed by atoms with Crippen molar-refractivity contribution in [3.8, 4) is 0 Å². The summed E-state index contributed by atoms with van der Waals surface area (Å²) < 4.78 is 0. The van der Waals surface area contributed by atoms with Crippen LogP contribution in [0, 0.1) is 0 Å². The number of nitrogens with zero attached hydrogens (tertiary/aromatic N) is 4. The lowest BCUT2D eigenvalue weighted by atomic mass is 10.4. The van der Waals surface area contributed by atoms with Crippen LogP contribution in [0.2, 0.25) is 0 Å². The molecule has 1 atom stereocenters. The topological polar surface area (TPSA) is 66.0 Å². The highest BCUT2D eigenvalue weighted by atomic mass is 32.2. The Balaban J connectivity index is 2.77. The third-order valence-corrected chi connectivity index (χ3v) is 3.34. The van der Waals surface area contributed by atoms with E-state index < -0.39 is 0 Å². The van der Waals surface area contributed by atoms with Crippen LogP contribution in [0.3, 0.4) is 0 Å². The first-order chi connectivity index (χ1) is 8.56. The van der Waals surface area contributed by atoms with E-state index in [-0.39, 0.29) is 0 Å². The molecule has 0 aromatic carbocycles. The van der Waals surface area contributed by atoms with Gasteiger partial charge in [0.05, 0.1) is 0 Å². The standard InChI is InChI=1S/C11H22N6S/c1-6-18-7-8(2)13-10-14-9(12-3)15-11(16-10)17(4)5/h8H,6-7H2,1-5H3,(H2,12,13,14,15,16). The summed E-state index contributed by atoms with van der Waals surface area (Å²) in [6, 6.07) is 0.331. The maximum absolute atomic E-state index is 4.37. The number of hydrogen-bond donors (Lipinski definition) is 2. The number of rotatable bonds is 7. The molecule has 18 heavy (non-hydrogen) atoms. The van der Waals surface area contributed by atoms with Gasteiger partial charge in [0.15, 0.2) is 0 Å². The lowest BCUT2D eigenvalue weighted by Gasteiger charge is -2.16. The maximum Gasteiger partial charge on any atom is 0.231 e. The van der Waals surface area contributed by atoms with Crippen molar-refractivity contribution in [1.82, 2.24) is 15.0 Å². The van der Waals surface area contributed by atoms with E-state index in [1.54, 1.807) is 7.05 Å². The summed E-state index contributed by atoms with van der Waals surface area (Å²) in [5.41, 5.74) is 0. The fraction of sp³-hybridized carbons (Fsp3) is 0.727. The van der Waals surface area contributed by atoms with Crippen LogP contribution >= 0.6 is 11.8 Å². The molecule has 1 aromatic rings. The average Bonchev–Trinajstić information content (AvgIpc) is 2.35. The summed E-state index contributed by atoms with van der Waals surface area (Å²) in [6.07, 6.45) is 0. The zero-order valence-electron chi connectivity index (χ0n) is 11.7. The highest BCUT2D eigenvalue weighted by Gasteiger charge is 2.09. The van der Waals surface area contributed by atoms with E-state index in [0.717, 1.165) is 11.5 Å². The molecule has 0 radical (unpaired) electrons. The van der Waals surface area contributed by atoms with Crippen LogP contribution in [-0.4, -0.2) is 53.6 Å². The Morgan fingerprint density at radius 1 is 1.22 bits per heavy atom. The highest BCUT2D eigenvalue weighted by Crippen LogP contribution is 2.13. The molecule has 0 bridgehead atoms. The Bertz CT molecular complexity index is 371. The van der Waals surface area contributed by atoms with Gasteiger partial charge in [-0.05, 0) is 12.7 Å². The highest BCUT2D eigenvalue weighted by molar-refractivity contribution is 7.99. The molecule has 0 aliphatic heterocycles. The fourth-order valence-electron chi connectivity index (χ4n) is 1.30. The zero-order valence-corrected chi connectivity index (χ0v) is 12.5. The number of anilines is 3. The van der Waals surface area contributed by atoms with Crippen LogP contribution in [0.1, 0.15) is 13.8 Å². The van der Waals surface area contributed by atoms with Crippen molar-refractivity contribution < 1.29 is 0 Å². The molecule has 2 N–H and O–H groups in total. The minimum Gasteiger partial charge on any atom is -0.357 e. The first-order valence-electron chi connectivity index (χ1n) is 6.02. The van der Waals surface area contributed by atoms with Crippen molar-refractivity contribution in [3.05, 3.63) is 0 Å². The molecular weight excluding hydrogens is 248 g/mol. The second kappa shape index (κ2) is 7.25. The van der Waals surface area contributed by atoms with Gasteiger partial charge in [-0.15, -0.1) is 0 Å². The van der Waals surface area contributed by atoms with Crippen molar-refractivity contribution in [2.75, 3.05) is 48.2 Å². The average molecular weight is 270 g/mol. The van der Waals surface area contributed by atoms with Crippen LogP contribution in [0.15, 0.2) is 0 Å².